The minimum absolute atomic E-state index is 0.0427. The lowest BCUT2D eigenvalue weighted by Gasteiger charge is -2.34. The van der Waals surface area contributed by atoms with Crippen LogP contribution in [0.3, 0.4) is 0 Å². The van der Waals surface area contributed by atoms with E-state index in [1.54, 1.807) is 11.9 Å². The van der Waals surface area contributed by atoms with Gasteiger partial charge in [0.05, 0.1) is 6.04 Å². The number of hydrogen-bond donors (Lipinski definition) is 0. The lowest BCUT2D eigenvalue weighted by Crippen LogP contribution is -2.47. The monoisotopic (exact) mass is 517 g/mol. The van der Waals surface area contributed by atoms with Gasteiger partial charge in [-0.1, -0.05) is 30.7 Å². The van der Waals surface area contributed by atoms with E-state index in [0.29, 0.717) is 44.0 Å². The van der Waals surface area contributed by atoms with Gasteiger partial charge in [0.2, 0.25) is 11.8 Å². The molecule has 1 aromatic rings. The first kappa shape index (κ1) is 26.8. The van der Waals surface area contributed by atoms with Crippen molar-refractivity contribution < 1.29 is 19.1 Å². The maximum atomic E-state index is 13.6. The van der Waals surface area contributed by atoms with E-state index in [1.807, 2.05) is 56.6 Å². The number of piperidine rings is 1. The van der Waals surface area contributed by atoms with Crippen molar-refractivity contribution in [2.24, 2.45) is 11.3 Å². The van der Waals surface area contributed by atoms with Crippen molar-refractivity contribution in [3.63, 3.8) is 0 Å². The molecule has 4 rings (SSSR count). The van der Waals surface area contributed by atoms with Crippen LogP contribution < -0.4 is 0 Å². The molecule has 0 spiro atoms. The second kappa shape index (κ2) is 9.88. The number of hydrogen-bond acceptors (Lipinski definition) is 4. The van der Waals surface area contributed by atoms with Gasteiger partial charge < -0.3 is 19.4 Å². The smallest absolute Gasteiger partial charge is 0.410 e. The average Bonchev–Trinajstić information content (AvgIpc) is 3.42. The molecule has 3 amide bonds. The Morgan fingerprint density at radius 2 is 1.72 bits per heavy atom. The van der Waals surface area contributed by atoms with E-state index in [4.69, 9.17) is 16.3 Å². The number of nitrogens with zero attached hydrogens (tertiary/aromatic N) is 3. The summed E-state index contributed by atoms with van der Waals surface area (Å²) in [7, 11) is 1.76. The Balaban J connectivity index is 1.48. The maximum Gasteiger partial charge on any atom is 0.410 e. The third-order valence-electron chi connectivity index (χ3n) is 8.04. The zero-order valence-electron chi connectivity index (χ0n) is 22.5. The van der Waals surface area contributed by atoms with Gasteiger partial charge in [-0.15, -0.1) is 0 Å². The van der Waals surface area contributed by atoms with Gasteiger partial charge in [0.1, 0.15) is 5.60 Å². The second-order valence-corrected chi connectivity index (χ2v) is 12.6. The fourth-order valence-electron chi connectivity index (χ4n) is 5.43. The molecule has 0 unspecified atom stereocenters. The first-order chi connectivity index (χ1) is 16.8. The zero-order valence-corrected chi connectivity index (χ0v) is 23.2. The highest BCUT2D eigenvalue weighted by atomic mass is 35.5. The van der Waals surface area contributed by atoms with Crippen LogP contribution in [0.4, 0.5) is 4.79 Å². The Hall–Kier alpha value is -2.28. The van der Waals surface area contributed by atoms with E-state index in [1.165, 1.54) is 0 Å². The van der Waals surface area contributed by atoms with E-state index in [-0.39, 0.29) is 35.1 Å². The van der Waals surface area contributed by atoms with Gasteiger partial charge in [0, 0.05) is 55.5 Å². The Morgan fingerprint density at radius 3 is 2.28 bits per heavy atom. The average molecular weight is 518 g/mol. The van der Waals surface area contributed by atoms with Crippen molar-refractivity contribution in [2.75, 3.05) is 33.2 Å². The summed E-state index contributed by atoms with van der Waals surface area (Å²) in [6.45, 7) is 11.8. The third-order valence-corrected chi connectivity index (χ3v) is 8.46. The minimum atomic E-state index is -0.602. The number of halogens is 1. The normalized spacial score (nSPS) is 24.0. The van der Waals surface area contributed by atoms with Crippen LogP contribution >= 0.6 is 11.6 Å². The molecule has 36 heavy (non-hydrogen) atoms. The fraction of sp³-hybridized carbons (Fsp3) is 0.679. The van der Waals surface area contributed by atoms with Crippen LogP contribution in [0, 0.1) is 18.3 Å². The van der Waals surface area contributed by atoms with Crippen molar-refractivity contribution >= 4 is 29.5 Å². The van der Waals surface area contributed by atoms with Gasteiger partial charge >= 0.3 is 6.09 Å². The van der Waals surface area contributed by atoms with Crippen molar-refractivity contribution in [3.8, 4) is 0 Å². The summed E-state index contributed by atoms with van der Waals surface area (Å²) >= 11 is 6.28. The summed E-state index contributed by atoms with van der Waals surface area (Å²) in [6.07, 6.45) is 2.92. The predicted octanol–water partition coefficient (Wildman–Crippen LogP) is 4.85. The van der Waals surface area contributed by atoms with Crippen molar-refractivity contribution in [2.45, 2.75) is 77.9 Å². The summed E-state index contributed by atoms with van der Waals surface area (Å²) in [5, 5.41) is 0.697. The summed E-state index contributed by atoms with van der Waals surface area (Å²) in [6, 6.07) is 5.72. The van der Waals surface area contributed by atoms with Crippen LogP contribution in [0.2, 0.25) is 5.02 Å². The molecule has 0 N–H and O–H groups in total. The molecule has 3 aliphatic rings. The fourth-order valence-corrected chi connectivity index (χ4v) is 5.54. The summed E-state index contributed by atoms with van der Waals surface area (Å²) in [5.41, 5.74) is 1.26. The second-order valence-electron chi connectivity index (χ2n) is 12.1. The molecule has 7 nitrogen and oxygen atoms in total. The Morgan fingerprint density at radius 1 is 1.08 bits per heavy atom. The summed E-state index contributed by atoms with van der Waals surface area (Å²) in [5.74, 6) is 0.223. The molecule has 2 saturated heterocycles. The molecular formula is C28H40ClN3O4. The van der Waals surface area contributed by atoms with Gasteiger partial charge in [-0.25, -0.2) is 4.79 Å². The third kappa shape index (κ3) is 5.66. The maximum absolute atomic E-state index is 13.6. The molecule has 0 radical (unpaired) electrons. The Bertz CT molecular complexity index is 1020. The lowest BCUT2D eigenvalue weighted by molar-refractivity contribution is -0.142. The molecule has 1 saturated carbocycles. The van der Waals surface area contributed by atoms with Crippen molar-refractivity contribution in [1.82, 2.24) is 14.7 Å². The van der Waals surface area contributed by atoms with Gasteiger partial charge in [-0.05, 0) is 70.6 Å². The number of aryl methyl sites for hydroxylation is 1. The Labute approximate surface area is 220 Å². The molecule has 1 aromatic carbocycles. The zero-order chi connectivity index (χ0) is 26.4. The first-order valence-corrected chi connectivity index (χ1v) is 13.5. The molecular weight excluding hydrogens is 478 g/mol. The summed E-state index contributed by atoms with van der Waals surface area (Å²) in [4.78, 5) is 44.8. The summed E-state index contributed by atoms with van der Waals surface area (Å²) < 4.78 is 5.64. The standard InChI is InChI=1S/C28H40ClN3O4/c1-18-15-20(7-8-22(18)29)21-16-32(17-23(21)30(6)26(35)36-27(2,3)4)24(33)19-9-13-31(14-10-19)25(34)28(5)11-12-28/h7-8,15,19,21,23H,9-14,16-17H2,1-6H3/t21-,23+/m1/s1. The largest absolute Gasteiger partial charge is 0.444 e. The molecule has 8 heteroatoms. The predicted molar refractivity (Wildman–Crippen MR) is 140 cm³/mol. The van der Waals surface area contributed by atoms with Gasteiger partial charge in [-0.3, -0.25) is 9.59 Å². The number of likely N-dealkylation sites (tertiary alicyclic amines) is 2. The lowest BCUT2D eigenvalue weighted by atomic mass is 9.92. The van der Waals surface area contributed by atoms with Gasteiger partial charge in [-0.2, -0.15) is 0 Å². The van der Waals surface area contributed by atoms with E-state index >= 15 is 0 Å². The molecule has 3 fully saturated rings. The highest BCUT2D eigenvalue weighted by Crippen LogP contribution is 2.47. The van der Waals surface area contributed by atoms with Gasteiger partial charge in [0.15, 0.2) is 0 Å². The number of benzene rings is 1. The number of rotatable bonds is 4. The molecule has 2 heterocycles. The minimum Gasteiger partial charge on any atom is -0.444 e. The van der Waals surface area contributed by atoms with Crippen molar-refractivity contribution in [1.29, 1.82) is 0 Å². The molecule has 0 aromatic heterocycles. The topological polar surface area (TPSA) is 70.2 Å². The number of carbonyl (C=O) groups is 3. The molecule has 0 bridgehead atoms. The quantitative estimate of drug-likeness (QED) is 0.572. The number of likely N-dealkylation sites (N-methyl/N-ethyl adjacent to an activating group) is 1. The van der Waals surface area contributed by atoms with Crippen LogP contribution in [0.25, 0.3) is 0 Å². The number of ether oxygens (including phenoxy) is 1. The molecule has 1 aliphatic carbocycles. The van der Waals surface area contributed by atoms with E-state index in [9.17, 15) is 14.4 Å². The SMILES string of the molecule is Cc1cc([C@H]2CN(C(=O)C3CCN(C(=O)C4(C)CC4)CC3)C[C@@H]2N(C)C(=O)OC(C)(C)C)ccc1Cl. The van der Waals surface area contributed by atoms with Crippen molar-refractivity contribution in [3.05, 3.63) is 34.3 Å². The van der Waals surface area contributed by atoms with Crippen LogP contribution in [0.1, 0.15) is 70.4 Å². The van der Waals surface area contributed by atoms with Crippen LogP contribution in [0.5, 0.6) is 0 Å². The van der Waals surface area contributed by atoms with Crippen LogP contribution in [0.15, 0.2) is 18.2 Å². The van der Waals surface area contributed by atoms with E-state index in [0.717, 1.165) is 24.0 Å². The first-order valence-electron chi connectivity index (χ1n) is 13.1. The Kier molecular flexibility index (Phi) is 7.35. The highest BCUT2D eigenvalue weighted by Gasteiger charge is 2.48. The van der Waals surface area contributed by atoms with E-state index < -0.39 is 11.7 Å². The number of amides is 3. The van der Waals surface area contributed by atoms with Gasteiger partial charge in [0.25, 0.3) is 0 Å². The molecule has 198 valence electrons. The molecule has 2 aliphatic heterocycles. The molecule has 2 atom stereocenters. The number of carbonyl (C=O) groups excluding carboxylic acids is 3. The van der Waals surface area contributed by atoms with Crippen LogP contribution in [-0.4, -0.2) is 77.5 Å². The van der Waals surface area contributed by atoms with E-state index in [2.05, 4.69) is 6.07 Å². The van der Waals surface area contributed by atoms with Crippen LogP contribution in [-0.2, 0) is 14.3 Å². The highest BCUT2D eigenvalue weighted by molar-refractivity contribution is 6.31.